The molecular weight excluding hydrogens is 284 g/mol. The van der Waals surface area contributed by atoms with Crippen molar-refractivity contribution in [3.8, 4) is 0 Å². The number of carbonyl (C=O) groups is 1. The highest BCUT2D eigenvalue weighted by Gasteiger charge is 2.52. The van der Waals surface area contributed by atoms with E-state index in [1.54, 1.807) is 6.92 Å². The maximum atomic E-state index is 11.1. The Hall–Kier alpha value is -0.810. The highest BCUT2D eigenvalue weighted by Crippen LogP contribution is 2.34. The van der Waals surface area contributed by atoms with Crippen molar-refractivity contribution in [3.05, 3.63) is 0 Å². The average molecular weight is 308 g/mol. The van der Waals surface area contributed by atoms with Gasteiger partial charge in [-0.25, -0.2) is 4.79 Å². The minimum atomic E-state index is -2.46. The summed E-state index contributed by atoms with van der Waals surface area (Å²) in [6, 6.07) is -0.666. The Balaban J connectivity index is 3.04. The Kier molecular flexibility index (Phi) is 6.05. The zero-order chi connectivity index (χ0) is 16.4. The molecule has 0 aliphatic carbocycles. The van der Waals surface area contributed by atoms with Gasteiger partial charge in [-0.3, -0.25) is 5.32 Å². The van der Waals surface area contributed by atoms with E-state index in [4.69, 9.17) is 15.6 Å². The molecule has 7 atom stereocenters. The van der Waals surface area contributed by atoms with E-state index < -0.39 is 48.3 Å². The monoisotopic (exact) mass is 308 g/mol. The van der Waals surface area contributed by atoms with E-state index in [2.05, 4.69) is 5.32 Å². The Morgan fingerprint density at radius 2 is 2.05 bits per heavy atom. The third kappa shape index (κ3) is 4.10. The largest absolute Gasteiger partial charge is 0.477 e. The van der Waals surface area contributed by atoms with Crippen LogP contribution in [0.25, 0.3) is 0 Å². The molecule has 1 fully saturated rings. The van der Waals surface area contributed by atoms with Gasteiger partial charge in [-0.05, 0) is 12.8 Å². The SMILES string of the molecule is CC(O)NC1C(C)CC(O)(C(=O)O)OC1C(O)C(O)CN. The Bertz CT molecular complexity index is 368. The van der Waals surface area contributed by atoms with Crippen molar-refractivity contribution in [1.82, 2.24) is 5.32 Å². The van der Waals surface area contributed by atoms with Gasteiger partial charge in [-0.2, -0.15) is 0 Å². The third-order valence-corrected chi connectivity index (χ3v) is 3.64. The standard InChI is InChI=1S/C12H24N2O7/c1-5-3-12(20,11(18)19)21-10(8(5)14-6(2)15)9(17)7(16)4-13/h5-10,14-17,20H,3-4,13H2,1-2H3,(H,18,19). The van der Waals surface area contributed by atoms with Gasteiger partial charge in [0.2, 0.25) is 0 Å². The van der Waals surface area contributed by atoms with Crippen LogP contribution in [0.15, 0.2) is 0 Å². The molecule has 0 aromatic rings. The zero-order valence-electron chi connectivity index (χ0n) is 12.0. The van der Waals surface area contributed by atoms with Crippen molar-refractivity contribution in [1.29, 1.82) is 0 Å². The molecule has 124 valence electrons. The zero-order valence-corrected chi connectivity index (χ0v) is 12.0. The molecule has 0 radical (unpaired) electrons. The molecule has 9 heteroatoms. The van der Waals surface area contributed by atoms with Crippen molar-refractivity contribution < 1.29 is 35.1 Å². The molecule has 0 aromatic carbocycles. The molecule has 21 heavy (non-hydrogen) atoms. The lowest BCUT2D eigenvalue weighted by atomic mass is 9.83. The maximum absolute atomic E-state index is 11.1. The molecule has 0 aromatic heterocycles. The number of hydrogen-bond donors (Lipinski definition) is 7. The number of carboxylic acid groups (broad SMARTS) is 1. The Morgan fingerprint density at radius 3 is 2.48 bits per heavy atom. The molecule has 8 N–H and O–H groups in total. The molecule has 0 bridgehead atoms. The topological polar surface area (TPSA) is 166 Å². The summed E-state index contributed by atoms with van der Waals surface area (Å²) in [5.41, 5.74) is 5.27. The number of aliphatic carboxylic acids is 1. The molecule has 1 heterocycles. The molecule has 0 spiro atoms. The van der Waals surface area contributed by atoms with Gasteiger partial charge in [-0.1, -0.05) is 6.92 Å². The van der Waals surface area contributed by atoms with E-state index in [-0.39, 0.29) is 13.0 Å². The van der Waals surface area contributed by atoms with Crippen LogP contribution in [0.2, 0.25) is 0 Å². The number of ether oxygens (including phenoxy) is 1. The fourth-order valence-electron chi connectivity index (χ4n) is 2.55. The lowest BCUT2D eigenvalue weighted by Crippen LogP contribution is -2.65. The summed E-state index contributed by atoms with van der Waals surface area (Å²) in [5, 5.41) is 51.0. The van der Waals surface area contributed by atoms with E-state index in [9.17, 15) is 25.2 Å². The number of rotatable bonds is 6. The van der Waals surface area contributed by atoms with Gasteiger partial charge in [0, 0.05) is 19.0 Å². The number of aliphatic hydroxyl groups excluding tert-OH is 3. The molecule has 1 aliphatic rings. The molecule has 1 rings (SSSR count). The van der Waals surface area contributed by atoms with Gasteiger partial charge in [0.15, 0.2) is 0 Å². The minimum absolute atomic E-state index is 0.228. The first kappa shape index (κ1) is 18.2. The highest BCUT2D eigenvalue weighted by atomic mass is 16.7. The summed E-state index contributed by atoms with van der Waals surface area (Å²) in [7, 11) is 0. The van der Waals surface area contributed by atoms with Crippen LogP contribution < -0.4 is 11.1 Å². The van der Waals surface area contributed by atoms with E-state index in [0.717, 1.165) is 0 Å². The summed E-state index contributed by atoms with van der Waals surface area (Å²) in [4.78, 5) is 11.1. The van der Waals surface area contributed by atoms with E-state index in [1.165, 1.54) is 6.92 Å². The van der Waals surface area contributed by atoms with E-state index in [0.29, 0.717) is 0 Å². The van der Waals surface area contributed by atoms with Crippen LogP contribution >= 0.6 is 0 Å². The van der Waals surface area contributed by atoms with Crippen LogP contribution in [0, 0.1) is 5.92 Å². The van der Waals surface area contributed by atoms with Crippen LogP contribution in [0.3, 0.4) is 0 Å². The number of hydrogen-bond acceptors (Lipinski definition) is 8. The van der Waals surface area contributed by atoms with Crippen molar-refractivity contribution in [2.24, 2.45) is 11.7 Å². The smallest absolute Gasteiger partial charge is 0.364 e. The number of nitrogens with one attached hydrogen (secondary N) is 1. The quantitative estimate of drug-likeness (QED) is 0.256. The summed E-state index contributed by atoms with van der Waals surface area (Å²) in [6.07, 6.45) is -5.28. The first-order chi connectivity index (χ1) is 9.62. The van der Waals surface area contributed by atoms with Gasteiger partial charge in [0.25, 0.3) is 5.79 Å². The van der Waals surface area contributed by atoms with Crippen molar-refractivity contribution >= 4 is 5.97 Å². The van der Waals surface area contributed by atoms with Crippen LogP contribution in [-0.4, -0.2) is 74.4 Å². The molecule has 9 nitrogen and oxygen atoms in total. The van der Waals surface area contributed by atoms with Gasteiger partial charge in [0.1, 0.15) is 18.4 Å². The second-order valence-corrected chi connectivity index (χ2v) is 5.52. The number of nitrogens with two attached hydrogens (primary N) is 1. The summed E-state index contributed by atoms with van der Waals surface area (Å²) >= 11 is 0. The fraction of sp³-hybridized carbons (Fsp3) is 0.917. The molecule has 1 aliphatic heterocycles. The lowest BCUT2D eigenvalue weighted by molar-refractivity contribution is -0.289. The average Bonchev–Trinajstić information content (AvgIpc) is 2.39. The van der Waals surface area contributed by atoms with Gasteiger partial charge in [0.05, 0.1) is 6.10 Å². The fourth-order valence-corrected chi connectivity index (χ4v) is 2.55. The summed E-state index contributed by atoms with van der Waals surface area (Å²) in [6.45, 7) is 2.83. The third-order valence-electron chi connectivity index (χ3n) is 3.64. The molecule has 0 saturated carbocycles. The first-order valence-electron chi connectivity index (χ1n) is 6.76. The van der Waals surface area contributed by atoms with Gasteiger partial charge >= 0.3 is 5.97 Å². The van der Waals surface area contributed by atoms with E-state index >= 15 is 0 Å². The predicted octanol–water partition coefficient (Wildman–Crippen LogP) is -2.84. The lowest BCUT2D eigenvalue weighted by Gasteiger charge is -2.46. The van der Waals surface area contributed by atoms with Crippen LogP contribution in [0.4, 0.5) is 0 Å². The molecule has 0 amide bonds. The molecular formula is C12H24N2O7. The Labute approximate surface area is 122 Å². The Morgan fingerprint density at radius 1 is 1.48 bits per heavy atom. The maximum Gasteiger partial charge on any atom is 0.364 e. The number of aliphatic hydroxyl groups is 4. The summed E-state index contributed by atoms with van der Waals surface area (Å²) in [5.74, 6) is -4.49. The van der Waals surface area contributed by atoms with Gasteiger partial charge in [-0.15, -0.1) is 0 Å². The van der Waals surface area contributed by atoms with Crippen molar-refractivity contribution in [2.75, 3.05) is 6.54 Å². The van der Waals surface area contributed by atoms with Crippen molar-refractivity contribution in [2.45, 2.75) is 56.6 Å². The molecule has 7 unspecified atom stereocenters. The number of carboxylic acids is 1. The normalized spacial score (nSPS) is 37.8. The van der Waals surface area contributed by atoms with Crippen LogP contribution in [0.5, 0.6) is 0 Å². The first-order valence-corrected chi connectivity index (χ1v) is 6.76. The van der Waals surface area contributed by atoms with Gasteiger partial charge < -0.3 is 36.0 Å². The summed E-state index contributed by atoms with van der Waals surface area (Å²) < 4.78 is 5.12. The predicted molar refractivity (Wildman–Crippen MR) is 70.9 cm³/mol. The van der Waals surface area contributed by atoms with Crippen LogP contribution in [0.1, 0.15) is 20.3 Å². The van der Waals surface area contributed by atoms with Crippen LogP contribution in [-0.2, 0) is 9.53 Å². The highest BCUT2D eigenvalue weighted by molar-refractivity contribution is 5.75. The second kappa shape index (κ2) is 6.97. The molecule has 1 saturated heterocycles. The van der Waals surface area contributed by atoms with Crippen molar-refractivity contribution in [3.63, 3.8) is 0 Å². The van der Waals surface area contributed by atoms with E-state index in [1.807, 2.05) is 0 Å². The second-order valence-electron chi connectivity index (χ2n) is 5.52. The minimum Gasteiger partial charge on any atom is -0.477 e.